The summed E-state index contributed by atoms with van der Waals surface area (Å²) in [7, 11) is 1.56. The lowest BCUT2D eigenvalue weighted by Crippen LogP contribution is -2.37. The Morgan fingerprint density at radius 2 is 2.32 bits per heavy atom. The van der Waals surface area contributed by atoms with Gasteiger partial charge in [0.05, 0.1) is 7.11 Å². The van der Waals surface area contributed by atoms with Gasteiger partial charge in [-0.05, 0) is 32.0 Å². The molecule has 0 spiro atoms. The van der Waals surface area contributed by atoms with Crippen molar-refractivity contribution in [3.05, 3.63) is 29.6 Å². The van der Waals surface area contributed by atoms with E-state index in [0.717, 1.165) is 25.2 Å². The third-order valence-electron chi connectivity index (χ3n) is 3.76. The number of likely N-dealkylation sites (tertiary alicyclic amines) is 1. The first-order chi connectivity index (χ1) is 9.24. The number of hydrogen-bond acceptors (Lipinski definition) is 3. The van der Waals surface area contributed by atoms with Crippen molar-refractivity contribution in [3.63, 3.8) is 0 Å². The van der Waals surface area contributed by atoms with E-state index >= 15 is 0 Å². The van der Waals surface area contributed by atoms with E-state index in [1.165, 1.54) is 18.9 Å². The lowest BCUT2D eigenvalue weighted by molar-refractivity contribution is 0.237. The molecule has 1 saturated heterocycles. The maximum Gasteiger partial charge on any atom is 0.131 e. The van der Waals surface area contributed by atoms with Gasteiger partial charge in [0.1, 0.15) is 11.6 Å². The van der Waals surface area contributed by atoms with E-state index in [-0.39, 0.29) is 5.82 Å². The van der Waals surface area contributed by atoms with Crippen LogP contribution in [0, 0.1) is 5.82 Å². The minimum atomic E-state index is -0.173. The standard InChI is InChI=1S/C15H23FN2O/c1-3-17-10-13-5-4-8-18(13)11-12-6-7-14(19-2)9-15(12)16/h6-7,9,13,17H,3-5,8,10-11H2,1-2H3. The second kappa shape index (κ2) is 6.87. The Bertz CT molecular complexity index is 411. The molecular formula is C15H23FN2O. The molecule has 0 aromatic heterocycles. The summed E-state index contributed by atoms with van der Waals surface area (Å²) in [5, 5.41) is 3.38. The molecule has 0 aliphatic carbocycles. The summed E-state index contributed by atoms with van der Waals surface area (Å²) in [4.78, 5) is 2.37. The van der Waals surface area contributed by atoms with E-state index in [1.807, 2.05) is 12.1 Å². The average Bonchev–Trinajstić information content (AvgIpc) is 2.86. The second-order valence-electron chi connectivity index (χ2n) is 5.03. The molecule has 0 bridgehead atoms. The molecule has 1 aliphatic heterocycles. The van der Waals surface area contributed by atoms with E-state index in [1.54, 1.807) is 7.11 Å². The normalized spacial score (nSPS) is 19.8. The van der Waals surface area contributed by atoms with Crippen LogP contribution in [0.1, 0.15) is 25.3 Å². The number of hydrogen-bond donors (Lipinski definition) is 1. The van der Waals surface area contributed by atoms with Gasteiger partial charge < -0.3 is 10.1 Å². The fourth-order valence-electron chi connectivity index (χ4n) is 2.65. The lowest BCUT2D eigenvalue weighted by atomic mass is 10.1. The van der Waals surface area contributed by atoms with E-state index in [2.05, 4.69) is 17.1 Å². The summed E-state index contributed by atoms with van der Waals surface area (Å²) < 4.78 is 19.0. The van der Waals surface area contributed by atoms with E-state index in [9.17, 15) is 4.39 Å². The first-order valence-corrected chi connectivity index (χ1v) is 7.01. The predicted octanol–water partition coefficient (Wildman–Crippen LogP) is 2.41. The second-order valence-corrected chi connectivity index (χ2v) is 5.03. The number of methoxy groups -OCH3 is 1. The SMILES string of the molecule is CCNCC1CCCN1Cc1ccc(OC)cc1F. The van der Waals surface area contributed by atoms with Crippen LogP contribution in [0.2, 0.25) is 0 Å². The van der Waals surface area contributed by atoms with Gasteiger partial charge in [0, 0.05) is 30.8 Å². The maximum atomic E-state index is 13.9. The third kappa shape index (κ3) is 3.67. The molecule has 19 heavy (non-hydrogen) atoms. The van der Waals surface area contributed by atoms with Gasteiger partial charge in [-0.25, -0.2) is 4.39 Å². The molecule has 1 heterocycles. The molecule has 106 valence electrons. The van der Waals surface area contributed by atoms with Crippen molar-refractivity contribution in [2.75, 3.05) is 26.7 Å². The molecule has 0 radical (unpaired) electrons. The fourth-order valence-corrected chi connectivity index (χ4v) is 2.65. The van der Waals surface area contributed by atoms with Crippen LogP contribution in [-0.2, 0) is 6.54 Å². The van der Waals surface area contributed by atoms with Crippen molar-refractivity contribution in [2.24, 2.45) is 0 Å². The zero-order valence-corrected chi connectivity index (χ0v) is 11.8. The monoisotopic (exact) mass is 266 g/mol. The topological polar surface area (TPSA) is 24.5 Å². The van der Waals surface area contributed by atoms with Gasteiger partial charge in [-0.2, -0.15) is 0 Å². The summed E-state index contributed by atoms with van der Waals surface area (Å²) in [5.41, 5.74) is 0.754. The van der Waals surface area contributed by atoms with Crippen molar-refractivity contribution in [1.82, 2.24) is 10.2 Å². The van der Waals surface area contributed by atoms with E-state index in [0.29, 0.717) is 18.3 Å². The summed E-state index contributed by atoms with van der Waals surface area (Å²) in [6.45, 7) is 5.84. The minimum absolute atomic E-state index is 0.173. The summed E-state index contributed by atoms with van der Waals surface area (Å²) in [6.07, 6.45) is 2.40. The molecule has 0 amide bonds. The van der Waals surface area contributed by atoms with Crippen molar-refractivity contribution in [2.45, 2.75) is 32.4 Å². The van der Waals surface area contributed by atoms with Crippen LogP contribution in [0.5, 0.6) is 5.75 Å². The van der Waals surface area contributed by atoms with Crippen LogP contribution in [0.3, 0.4) is 0 Å². The molecule has 1 fully saturated rings. The Kier molecular flexibility index (Phi) is 5.16. The van der Waals surface area contributed by atoms with Crippen LogP contribution in [-0.4, -0.2) is 37.7 Å². The zero-order chi connectivity index (χ0) is 13.7. The molecule has 1 atom stereocenters. The van der Waals surface area contributed by atoms with Crippen LogP contribution in [0.15, 0.2) is 18.2 Å². The molecule has 1 N–H and O–H groups in total. The van der Waals surface area contributed by atoms with Crippen LogP contribution < -0.4 is 10.1 Å². The number of likely N-dealkylation sites (N-methyl/N-ethyl adjacent to an activating group) is 1. The van der Waals surface area contributed by atoms with Crippen LogP contribution >= 0.6 is 0 Å². The number of halogens is 1. The van der Waals surface area contributed by atoms with Crippen LogP contribution in [0.25, 0.3) is 0 Å². The first kappa shape index (κ1) is 14.3. The first-order valence-electron chi connectivity index (χ1n) is 7.01. The largest absolute Gasteiger partial charge is 0.497 e. The highest BCUT2D eigenvalue weighted by molar-refractivity contribution is 5.28. The Hall–Kier alpha value is -1.13. The molecular weight excluding hydrogens is 243 g/mol. The molecule has 1 aromatic carbocycles. The van der Waals surface area contributed by atoms with Crippen molar-refractivity contribution in [1.29, 1.82) is 0 Å². The van der Waals surface area contributed by atoms with E-state index in [4.69, 9.17) is 4.74 Å². The van der Waals surface area contributed by atoms with Crippen molar-refractivity contribution >= 4 is 0 Å². The Morgan fingerprint density at radius 1 is 1.47 bits per heavy atom. The molecule has 2 rings (SSSR count). The van der Waals surface area contributed by atoms with Crippen LogP contribution in [0.4, 0.5) is 4.39 Å². The minimum Gasteiger partial charge on any atom is -0.497 e. The molecule has 1 aromatic rings. The fraction of sp³-hybridized carbons (Fsp3) is 0.600. The lowest BCUT2D eigenvalue weighted by Gasteiger charge is -2.25. The Balaban J connectivity index is 1.99. The van der Waals surface area contributed by atoms with Gasteiger partial charge in [-0.3, -0.25) is 4.90 Å². The van der Waals surface area contributed by atoms with Crippen molar-refractivity contribution < 1.29 is 9.13 Å². The predicted molar refractivity (Wildman–Crippen MR) is 74.9 cm³/mol. The van der Waals surface area contributed by atoms with Gasteiger partial charge in [-0.15, -0.1) is 0 Å². The number of nitrogens with one attached hydrogen (secondary N) is 1. The number of nitrogens with zero attached hydrogens (tertiary/aromatic N) is 1. The molecule has 0 saturated carbocycles. The van der Waals surface area contributed by atoms with Gasteiger partial charge in [-0.1, -0.05) is 13.0 Å². The van der Waals surface area contributed by atoms with Crippen molar-refractivity contribution in [3.8, 4) is 5.75 Å². The zero-order valence-electron chi connectivity index (χ0n) is 11.8. The summed E-state index contributed by atoms with van der Waals surface area (Å²) >= 11 is 0. The highest BCUT2D eigenvalue weighted by atomic mass is 19.1. The Morgan fingerprint density at radius 3 is 3.00 bits per heavy atom. The van der Waals surface area contributed by atoms with Gasteiger partial charge in [0.15, 0.2) is 0 Å². The molecule has 1 unspecified atom stereocenters. The van der Waals surface area contributed by atoms with Gasteiger partial charge in [0.25, 0.3) is 0 Å². The molecule has 4 heteroatoms. The van der Waals surface area contributed by atoms with Gasteiger partial charge >= 0.3 is 0 Å². The molecule has 1 aliphatic rings. The summed E-state index contributed by atoms with van der Waals surface area (Å²) in [5.74, 6) is 0.403. The third-order valence-corrected chi connectivity index (χ3v) is 3.76. The quantitative estimate of drug-likeness (QED) is 0.855. The smallest absolute Gasteiger partial charge is 0.131 e. The molecule has 3 nitrogen and oxygen atoms in total. The average molecular weight is 266 g/mol. The number of ether oxygens (including phenoxy) is 1. The number of benzene rings is 1. The highest BCUT2D eigenvalue weighted by Crippen LogP contribution is 2.23. The number of rotatable bonds is 6. The van der Waals surface area contributed by atoms with Gasteiger partial charge in [0.2, 0.25) is 0 Å². The summed E-state index contributed by atoms with van der Waals surface area (Å²) in [6, 6.07) is 5.65. The van der Waals surface area contributed by atoms with E-state index < -0.39 is 0 Å². The highest BCUT2D eigenvalue weighted by Gasteiger charge is 2.24. The Labute approximate surface area is 114 Å². The maximum absolute atomic E-state index is 13.9.